The first kappa shape index (κ1) is 15.7. The average molecular weight is 332 g/mol. The molecule has 0 aliphatic carbocycles. The van der Waals surface area contributed by atoms with Gasteiger partial charge < -0.3 is 9.64 Å². The number of hydrogen-bond donors (Lipinski definition) is 0. The SMILES string of the molecule is O=C(Cc1ccccc1Cl)N1CCC(Oc2ccncn2)CC1. The van der Waals surface area contributed by atoms with Gasteiger partial charge in [0, 0.05) is 43.2 Å². The van der Waals surface area contributed by atoms with E-state index < -0.39 is 0 Å². The van der Waals surface area contributed by atoms with Crippen molar-refractivity contribution in [3.05, 3.63) is 53.4 Å². The van der Waals surface area contributed by atoms with E-state index >= 15 is 0 Å². The zero-order valence-corrected chi connectivity index (χ0v) is 13.4. The molecule has 0 bridgehead atoms. The molecule has 2 heterocycles. The van der Waals surface area contributed by atoms with Crippen molar-refractivity contribution in [1.82, 2.24) is 14.9 Å². The van der Waals surface area contributed by atoms with Crippen molar-refractivity contribution in [2.24, 2.45) is 0 Å². The Morgan fingerprint density at radius 1 is 1.26 bits per heavy atom. The van der Waals surface area contributed by atoms with Gasteiger partial charge >= 0.3 is 0 Å². The Balaban J connectivity index is 1.50. The van der Waals surface area contributed by atoms with Crippen LogP contribution in [-0.4, -0.2) is 40.0 Å². The lowest BCUT2D eigenvalue weighted by Crippen LogP contribution is -2.42. The Morgan fingerprint density at radius 3 is 2.74 bits per heavy atom. The highest BCUT2D eigenvalue weighted by atomic mass is 35.5. The molecule has 0 saturated carbocycles. The lowest BCUT2D eigenvalue weighted by molar-refractivity contribution is -0.132. The van der Waals surface area contributed by atoms with Gasteiger partial charge in [-0.05, 0) is 11.6 Å². The Labute approximate surface area is 140 Å². The van der Waals surface area contributed by atoms with Gasteiger partial charge in [0.1, 0.15) is 12.4 Å². The van der Waals surface area contributed by atoms with Crippen LogP contribution in [-0.2, 0) is 11.2 Å². The number of likely N-dealkylation sites (tertiary alicyclic amines) is 1. The number of hydrogen-bond acceptors (Lipinski definition) is 4. The largest absolute Gasteiger partial charge is 0.474 e. The Morgan fingerprint density at radius 2 is 2.04 bits per heavy atom. The molecule has 1 aliphatic rings. The molecule has 1 fully saturated rings. The highest BCUT2D eigenvalue weighted by Crippen LogP contribution is 2.20. The summed E-state index contributed by atoms with van der Waals surface area (Å²) in [6.07, 6.45) is 5.17. The van der Waals surface area contributed by atoms with Gasteiger partial charge in [-0.2, -0.15) is 0 Å². The van der Waals surface area contributed by atoms with Crippen LogP contribution in [0.25, 0.3) is 0 Å². The molecule has 1 saturated heterocycles. The van der Waals surface area contributed by atoms with Crippen LogP contribution in [0.15, 0.2) is 42.9 Å². The molecule has 0 spiro atoms. The second-order valence-corrected chi connectivity index (χ2v) is 5.92. The van der Waals surface area contributed by atoms with E-state index in [0.29, 0.717) is 30.4 Å². The number of benzene rings is 1. The minimum atomic E-state index is 0.0919. The van der Waals surface area contributed by atoms with Crippen LogP contribution in [0.2, 0.25) is 5.02 Å². The van der Waals surface area contributed by atoms with Crippen molar-refractivity contribution in [3.63, 3.8) is 0 Å². The molecule has 0 N–H and O–H groups in total. The smallest absolute Gasteiger partial charge is 0.227 e. The maximum absolute atomic E-state index is 12.4. The van der Waals surface area contributed by atoms with Crippen molar-refractivity contribution >= 4 is 17.5 Å². The van der Waals surface area contributed by atoms with Crippen molar-refractivity contribution in [2.45, 2.75) is 25.4 Å². The number of amides is 1. The monoisotopic (exact) mass is 331 g/mol. The number of nitrogens with zero attached hydrogens (tertiary/aromatic N) is 3. The van der Waals surface area contributed by atoms with Gasteiger partial charge in [0.05, 0.1) is 6.42 Å². The number of aromatic nitrogens is 2. The minimum absolute atomic E-state index is 0.0919. The minimum Gasteiger partial charge on any atom is -0.474 e. The molecular formula is C17H18ClN3O2. The van der Waals surface area contributed by atoms with E-state index in [1.807, 2.05) is 29.2 Å². The fourth-order valence-corrected chi connectivity index (χ4v) is 2.86. The van der Waals surface area contributed by atoms with Crippen LogP contribution >= 0.6 is 11.6 Å². The van der Waals surface area contributed by atoms with Gasteiger partial charge in [-0.3, -0.25) is 4.79 Å². The van der Waals surface area contributed by atoms with Crippen molar-refractivity contribution < 1.29 is 9.53 Å². The fourth-order valence-electron chi connectivity index (χ4n) is 2.66. The Bertz CT molecular complexity index is 658. The van der Waals surface area contributed by atoms with Crippen LogP contribution in [0, 0.1) is 0 Å². The first-order valence-corrected chi connectivity index (χ1v) is 8.04. The predicted octanol–water partition coefficient (Wildman–Crippen LogP) is 2.74. The molecule has 5 nitrogen and oxygen atoms in total. The lowest BCUT2D eigenvalue weighted by Gasteiger charge is -2.32. The average Bonchev–Trinajstić information content (AvgIpc) is 2.58. The van der Waals surface area contributed by atoms with Gasteiger partial charge in [0.15, 0.2) is 0 Å². The molecule has 120 valence electrons. The molecule has 1 aliphatic heterocycles. The van der Waals surface area contributed by atoms with Gasteiger partial charge in [-0.1, -0.05) is 29.8 Å². The summed E-state index contributed by atoms with van der Waals surface area (Å²) in [4.78, 5) is 22.2. The molecule has 6 heteroatoms. The summed E-state index contributed by atoms with van der Waals surface area (Å²) in [6.45, 7) is 1.39. The third-order valence-electron chi connectivity index (χ3n) is 3.94. The number of carbonyl (C=O) groups excluding carboxylic acids is 1. The topological polar surface area (TPSA) is 55.3 Å². The molecule has 3 rings (SSSR count). The van der Waals surface area contributed by atoms with E-state index in [-0.39, 0.29) is 12.0 Å². The van der Waals surface area contributed by atoms with E-state index in [9.17, 15) is 4.79 Å². The zero-order chi connectivity index (χ0) is 16.1. The highest BCUT2D eigenvalue weighted by Gasteiger charge is 2.24. The summed E-state index contributed by atoms with van der Waals surface area (Å²) >= 11 is 6.12. The van der Waals surface area contributed by atoms with E-state index in [2.05, 4.69) is 9.97 Å². The Kier molecular flexibility index (Phi) is 5.08. The highest BCUT2D eigenvalue weighted by molar-refractivity contribution is 6.31. The maximum Gasteiger partial charge on any atom is 0.227 e. The molecule has 0 unspecified atom stereocenters. The summed E-state index contributed by atoms with van der Waals surface area (Å²) in [5.74, 6) is 0.694. The van der Waals surface area contributed by atoms with Crippen LogP contribution < -0.4 is 4.74 Å². The molecule has 23 heavy (non-hydrogen) atoms. The molecular weight excluding hydrogens is 314 g/mol. The van der Waals surface area contributed by atoms with E-state index in [1.54, 1.807) is 12.3 Å². The second kappa shape index (κ2) is 7.42. The molecule has 1 amide bonds. The Hall–Kier alpha value is -2.14. The van der Waals surface area contributed by atoms with Crippen LogP contribution in [0.3, 0.4) is 0 Å². The van der Waals surface area contributed by atoms with E-state index in [1.165, 1.54) is 6.33 Å². The number of piperidine rings is 1. The lowest BCUT2D eigenvalue weighted by atomic mass is 10.1. The normalized spacial score (nSPS) is 15.4. The van der Waals surface area contributed by atoms with E-state index in [4.69, 9.17) is 16.3 Å². The summed E-state index contributed by atoms with van der Waals surface area (Å²) in [5, 5.41) is 0.642. The van der Waals surface area contributed by atoms with E-state index in [0.717, 1.165) is 18.4 Å². The predicted molar refractivity (Wildman–Crippen MR) is 87.4 cm³/mol. The summed E-state index contributed by atoms with van der Waals surface area (Å²) in [6, 6.07) is 9.22. The summed E-state index contributed by atoms with van der Waals surface area (Å²) in [7, 11) is 0. The molecule has 0 radical (unpaired) electrons. The van der Waals surface area contributed by atoms with Crippen LogP contribution in [0.5, 0.6) is 5.88 Å². The molecule has 0 atom stereocenters. The molecule has 1 aromatic heterocycles. The van der Waals surface area contributed by atoms with Crippen molar-refractivity contribution in [2.75, 3.05) is 13.1 Å². The number of rotatable bonds is 4. The standard InChI is InChI=1S/C17H18ClN3O2/c18-15-4-2-1-3-13(15)11-17(22)21-9-6-14(7-10-21)23-16-5-8-19-12-20-16/h1-5,8,12,14H,6-7,9-11H2. The van der Waals surface area contributed by atoms with Crippen molar-refractivity contribution in [1.29, 1.82) is 0 Å². The zero-order valence-electron chi connectivity index (χ0n) is 12.7. The number of carbonyl (C=O) groups is 1. The van der Waals surface area contributed by atoms with Crippen LogP contribution in [0.1, 0.15) is 18.4 Å². The van der Waals surface area contributed by atoms with Crippen molar-refractivity contribution in [3.8, 4) is 5.88 Å². The fraction of sp³-hybridized carbons (Fsp3) is 0.353. The first-order chi connectivity index (χ1) is 11.2. The van der Waals surface area contributed by atoms with Gasteiger partial charge in [0.25, 0.3) is 0 Å². The quantitative estimate of drug-likeness (QED) is 0.864. The van der Waals surface area contributed by atoms with Gasteiger partial charge in [-0.15, -0.1) is 0 Å². The summed E-state index contributed by atoms with van der Waals surface area (Å²) < 4.78 is 5.81. The third kappa shape index (κ3) is 4.20. The summed E-state index contributed by atoms with van der Waals surface area (Å²) in [5.41, 5.74) is 0.874. The number of ether oxygens (including phenoxy) is 1. The maximum atomic E-state index is 12.4. The van der Waals surface area contributed by atoms with Gasteiger partial charge in [-0.25, -0.2) is 9.97 Å². The number of halogens is 1. The molecule has 2 aromatic rings. The third-order valence-corrected chi connectivity index (χ3v) is 4.31. The first-order valence-electron chi connectivity index (χ1n) is 7.66. The molecule has 1 aromatic carbocycles. The van der Waals surface area contributed by atoms with Gasteiger partial charge in [0.2, 0.25) is 11.8 Å². The second-order valence-electron chi connectivity index (χ2n) is 5.51. The van der Waals surface area contributed by atoms with Crippen LogP contribution in [0.4, 0.5) is 0 Å².